The number of pyridine rings is 1. The second-order valence-electron chi connectivity index (χ2n) is 7.04. The first-order valence-corrected chi connectivity index (χ1v) is 9.18. The number of rotatable bonds is 3. The van der Waals surface area contributed by atoms with Crippen molar-refractivity contribution in [1.82, 2.24) is 20.2 Å². The quantitative estimate of drug-likeness (QED) is 0.788. The zero-order valence-corrected chi connectivity index (χ0v) is 15.2. The number of aromatic nitrogens is 4. The first-order chi connectivity index (χ1) is 12.1. The van der Waals surface area contributed by atoms with E-state index in [1.165, 1.54) is 16.5 Å². The maximum absolute atomic E-state index is 4.93. The van der Waals surface area contributed by atoms with Gasteiger partial charge >= 0.3 is 0 Å². The number of piperidine rings is 1. The van der Waals surface area contributed by atoms with Crippen LogP contribution in [-0.4, -0.2) is 33.3 Å². The van der Waals surface area contributed by atoms with Gasteiger partial charge in [-0.1, -0.05) is 13.0 Å². The highest BCUT2D eigenvalue weighted by molar-refractivity contribution is 5.84. The first-order valence-electron chi connectivity index (χ1n) is 9.18. The Morgan fingerprint density at radius 1 is 1.12 bits per heavy atom. The number of hydrogen-bond donors (Lipinski definition) is 1. The summed E-state index contributed by atoms with van der Waals surface area (Å²) >= 11 is 0. The average molecular weight is 335 g/mol. The molecule has 1 aromatic carbocycles. The summed E-state index contributed by atoms with van der Waals surface area (Å²) in [5, 5.41) is 8.57. The largest absolute Gasteiger partial charge is 0.357 e. The SMILES string of the molecule is CCc1ccc2nc(N3CCC(c4n[nH]c(C)n4)CC3)cc(C)c2c1. The third kappa shape index (κ3) is 3.11. The molecule has 1 saturated heterocycles. The predicted octanol–water partition coefficient (Wildman–Crippen LogP) is 3.92. The summed E-state index contributed by atoms with van der Waals surface area (Å²) in [6.07, 6.45) is 3.21. The Balaban J connectivity index is 1.54. The molecule has 2 aromatic heterocycles. The Morgan fingerprint density at radius 3 is 2.60 bits per heavy atom. The van der Waals surface area contributed by atoms with Crippen LogP contribution in [0.4, 0.5) is 5.82 Å². The van der Waals surface area contributed by atoms with Gasteiger partial charge in [0.1, 0.15) is 11.6 Å². The van der Waals surface area contributed by atoms with Crippen molar-refractivity contribution in [1.29, 1.82) is 0 Å². The van der Waals surface area contributed by atoms with Gasteiger partial charge in [-0.15, -0.1) is 0 Å². The van der Waals surface area contributed by atoms with Crippen LogP contribution in [0.15, 0.2) is 24.3 Å². The zero-order chi connectivity index (χ0) is 17.4. The van der Waals surface area contributed by atoms with Crippen molar-refractivity contribution in [3.05, 3.63) is 47.0 Å². The molecule has 25 heavy (non-hydrogen) atoms. The van der Waals surface area contributed by atoms with Gasteiger partial charge in [-0.3, -0.25) is 5.10 Å². The molecule has 0 bridgehead atoms. The van der Waals surface area contributed by atoms with Gasteiger partial charge in [-0.05, 0) is 62.4 Å². The van der Waals surface area contributed by atoms with E-state index in [1.54, 1.807) is 0 Å². The van der Waals surface area contributed by atoms with E-state index >= 15 is 0 Å². The standard InChI is InChI=1S/C20H25N5/c1-4-15-5-6-18-17(12-15)13(2)11-19(22-18)25-9-7-16(8-10-25)20-21-14(3)23-24-20/h5-6,11-12,16H,4,7-10H2,1-3H3,(H,21,23,24). The number of anilines is 1. The average Bonchev–Trinajstić information content (AvgIpc) is 3.08. The second kappa shape index (κ2) is 6.47. The van der Waals surface area contributed by atoms with E-state index in [0.717, 1.165) is 55.3 Å². The number of nitrogens with zero attached hydrogens (tertiary/aromatic N) is 4. The smallest absolute Gasteiger partial charge is 0.153 e. The molecule has 0 atom stereocenters. The molecule has 4 rings (SSSR count). The molecule has 3 aromatic rings. The first kappa shape index (κ1) is 16.1. The van der Waals surface area contributed by atoms with E-state index in [-0.39, 0.29) is 0 Å². The fraction of sp³-hybridized carbons (Fsp3) is 0.450. The second-order valence-corrected chi connectivity index (χ2v) is 7.04. The normalized spacial score (nSPS) is 15.9. The van der Waals surface area contributed by atoms with Crippen molar-refractivity contribution >= 4 is 16.7 Å². The molecule has 1 aliphatic heterocycles. The molecule has 1 N–H and O–H groups in total. The van der Waals surface area contributed by atoms with E-state index in [2.05, 4.69) is 58.2 Å². The number of benzene rings is 1. The summed E-state index contributed by atoms with van der Waals surface area (Å²) in [4.78, 5) is 11.8. The van der Waals surface area contributed by atoms with E-state index < -0.39 is 0 Å². The minimum Gasteiger partial charge on any atom is -0.357 e. The Hall–Kier alpha value is -2.43. The molecule has 0 saturated carbocycles. The topological polar surface area (TPSA) is 57.7 Å². The summed E-state index contributed by atoms with van der Waals surface area (Å²) in [6, 6.07) is 8.86. The zero-order valence-electron chi connectivity index (χ0n) is 15.2. The Morgan fingerprint density at radius 2 is 1.92 bits per heavy atom. The third-order valence-electron chi connectivity index (χ3n) is 5.27. The highest BCUT2D eigenvalue weighted by Crippen LogP contribution is 2.30. The van der Waals surface area contributed by atoms with Crippen LogP contribution in [0.5, 0.6) is 0 Å². The van der Waals surface area contributed by atoms with Gasteiger partial charge in [0.2, 0.25) is 0 Å². The van der Waals surface area contributed by atoms with E-state index in [9.17, 15) is 0 Å². The number of aryl methyl sites for hydroxylation is 3. The molecule has 1 aliphatic rings. The van der Waals surface area contributed by atoms with Gasteiger partial charge in [-0.25, -0.2) is 9.97 Å². The van der Waals surface area contributed by atoms with Crippen molar-refractivity contribution in [2.45, 2.75) is 46.0 Å². The van der Waals surface area contributed by atoms with Gasteiger partial charge in [0.25, 0.3) is 0 Å². The van der Waals surface area contributed by atoms with Gasteiger partial charge in [-0.2, -0.15) is 5.10 Å². The maximum Gasteiger partial charge on any atom is 0.153 e. The monoisotopic (exact) mass is 335 g/mol. The molecule has 0 radical (unpaired) electrons. The molecule has 5 heteroatoms. The van der Waals surface area contributed by atoms with Gasteiger partial charge in [0.05, 0.1) is 5.52 Å². The molecule has 0 aliphatic carbocycles. The van der Waals surface area contributed by atoms with E-state index in [4.69, 9.17) is 4.98 Å². The van der Waals surface area contributed by atoms with E-state index in [0.29, 0.717) is 5.92 Å². The minimum absolute atomic E-state index is 0.454. The fourth-order valence-electron chi connectivity index (χ4n) is 3.71. The highest BCUT2D eigenvalue weighted by atomic mass is 15.2. The van der Waals surface area contributed by atoms with Crippen molar-refractivity contribution in [2.75, 3.05) is 18.0 Å². The molecule has 5 nitrogen and oxygen atoms in total. The van der Waals surface area contributed by atoms with E-state index in [1.807, 2.05) is 6.92 Å². The molecular weight excluding hydrogens is 310 g/mol. The molecule has 0 amide bonds. The molecule has 3 heterocycles. The van der Waals surface area contributed by atoms with Crippen molar-refractivity contribution in [3.63, 3.8) is 0 Å². The number of hydrogen-bond acceptors (Lipinski definition) is 4. The van der Waals surface area contributed by atoms with Crippen molar-refractivity contribution < 1.29 is 0 Å². The van der Waals surface area contributed by atoms with Crippen molar-refractivity contribution in [3.8, 4) is 0 Å². The van der Waals surface area contributed by atoms with Gasteiger partial charge in [0, 0.05) is 24.4 Å². The third-order valence-corrected chi connectivity index (χ3v) is 5.27. The lowest BCUT2D eigenvalue weighted by molar-refractivity contribution is 0.484. The molecule has 0 spiro atoms. The van der Waals surface area contributed by atoms with Gasteiger partial charge in [0.15, 0.2) is 5.82 Å². The lowest BCUT2D eigenvalue weighted by Gasteiger charge is -2.32. The minimum atomic E-state index is 0.454. The number of fused-ring (bicyclic) bond motifs is 1. The summed E-state index contributed by atoms with van der Waals surface area (Å²) in [6.45, 7) is 8.35. The van der Waals surface area contributed by atoms with Gasteiger partial charge < -0.3 is 4.90 Å². The lowest BCUT2D eigenvalue weighted by atomic mass is 9.96. The van der Waals surface area contributed by atoms with Crippen molar-refractivity contribution in [2.24, 2.45) is 0 Å². The molecule has 130 valence electrons. The van der Waals surface area contributed by atoms with Crippen LogP contribution in [0.3, 0.4) is 0 Å². The Bertz CT molecular complexity index is 890. The number of aromatic amines is 1. The van der Waals surface area contributed by atoms with Crippen LogP contribution in [0.25, 0.3) is 10.9 Å². The lowest BCUT2D eigenvalue weighted by Crippen LogP contribution is -2.33. The number of nitrogens with one attached hydrogen (secondary N) is 1. The van der Waals surface area contributed by atoms with Crippen LogP contribution in [0.1, 0.15) is 48.5 Å². The summed E-state index contributed by atoms with van der Waals surface area (Å²) < 4.78 is 0. The summed E-state index contributed by atoms with van der Waals surface area (Å²) in [5.41, 5.74) is 3.77. The van der Waals surface area contributed by atoms with Crippen LogP contribution < -0.4 is 4.90 Å². The molecule has 0 unspecified atom stereocenters. The fourth-order valence-corrected chi connectivity index (χ4v) is 3.71. The summed E-state index contributed by atoms with van der Waals surface area (Å²) in [5.74, 6) is 3.41. The summed E-state index contributed by atoms with van der Waals surface area (Å²) in [7, 11) is 0. The Kier molecular flexibility index (Phi) is 4.15. The molecular formula is C20H25N5. The highest BCUT2D eigenvalue weighted by Gasteiger charge is 2.24. The predicted molar refractivity (Wildman–Crippen MR) is 101 cm³/mol. The molecule has 1 fully saturated rings. The maximum atomic E-state index is 4.93. The number of H-pyrrole nitrogens is 1. The Labute approximate surface area is 148 Å². The van der Waals surface area contributed by atoms with Crippen LogP contribution in [0.2, 0.25) is 0 Å². The van der Waals surface area contributed by atoms with Crippen LogP contribution in [0, 0.1) is 13.8 Å². The van der Waals surface area contributed by atoms with Crippen LogP contribution >= 0.6 is 0 Å². The van der Waals surface area contributed by atoms with Crippen LogP contribution in [-0.2, 0) is 6.42 Å².